The summed E-state index contributed by atoms with van der Waals surface area (Å²) in [6, 6.07) is 3.11. The molecule has 1 aliphatic rings. The van der Waals surface area contributed by atoms with Crippen LogP contribution in [-0.4, -0.2) is 47.1 Å². The Kier molecular flexibility index (Phi) is 5.39. The molecule has 0 bridgehead atoms. The Morgan fingerprint density at radius 2 is 1.76 bits per heavy atom. The van der Waals surface area contributed by atoms with E-state index in [1.54, 1.807) is 0 Å². The summed E-state index contributed by atoms with van der Waals surface area (Å²) >= 11 is 0. The van der Waals surface area contributed by atoms with Gasteiger partial charge < -0.3 is 10.6 Å². The van der Waals surface area contributed by atoms with E-state index in [0.29, 0.717) is 18.0 Å². The molecule has 0 aliphatic heterocycles. The van der Waals surface area contributed by atoms with Gasteiger partial charge in [-0.05, 0) is 40.5 Å². The summed E-state index contributed by atoms with van der Waals surface area (Å²) < 4.78 is 0. The van der Waals surface area contributed by atoms with Gasteiger partial charge in [-0.15, -0.1) is 0 Å². The van der Waals surface area contributed by atoms with Crippen molar-refractivity contribution in [3.8, 4) is 0 Å². The molecule has 0 amide bonds. The van der Waals surface area contributed by atoms with Crippen molar-refractivity contribution in [1.82, 2.24) is 14.9 Å². The number of hydrogen-bond acceptors (Lipinski definition) is 5. The molecule has 1 heterocycles. The van der Waals surface area contributed by atoms with Crippen molar-refractivity contribution in [3.05, 3.63) is 11.9 Å². The first-order valence-corrected chi connectivity index (χ1v) is 8.07. The highest BCUT2D eigenvalue weighted by Crippen LogP contribution is 2.38. The molecule has 1 aromatic heterocycles. The first kappa shape index (κ1) is 16.0. The van der Waals surface area contributed by atoms with E-state index in [4.69, 9.17) is 0 Å². The number of rotatable bonds is 8. The van der Waals surface area contributed by atoms with E-state index in [2.05, 4.69) is 53.2 Å². The Morgan fingerprint density at radius 1 is 1.14 bits per heavy atom. The van der Waals surface area contributed by atoms with E-state index in [0.717, 1.165) is 30.5 Å². The molecule has 1 aliphatic carbocycles. The van der Waals surface area contributed by atoms with Crippen LogP contribution in [0.2, 0.25) is 0 Å². The standard InChI is InChI=1S/C16H29N5/c1-11(2)21(12(3)4)9-8-18-15-10-14(17-5)19-16(20-15)13-6-7-13/h10-13H,6-9H2,1-5H3,(H2,17,18,19,20). The topological polar surface area (TPSA) is 53.1 Å². The maximum absolute atomic E-state index is 4.65. The van der Waals surface area contributed by atoms with Crippen molar-refractivity contribution in [2.24, 2.45) is 0 Å². The molecule has 1 fully saturated rings. The predicted molar refractivity (Wildman–Crippen MR) is 89.0 cm³/mol. The summed E-state index contributed by atoms with van der Waals surface area (Å²) in [4.78, 5) is 11.7. The number of anilines is 2. The highest BCUT2D eigenvalue weighted by Gasteiger charge is 2.27. The highest BCUT2D eigenvalue weighted by atomic mass is 15.2. The molecule has 2 rings (SSSR count). The largest absolute Gasteiger partial charge is 0.373 e. The third-order valence-electron chi connectivity index (χ3n) is 3.94. The number of hydrogen-bond donors (Lipinski definition) is 2. The third kappa shape index (κ3) is 4.56. The molecule has 2 N–H and O–H groups in total. The van der Waals surface area contributed by atoms with Gasteiger partial charge in [-0.2, -0.15) is 0 Å². The lowest BCUT2D eigenvalue weighted by Gasteiger charge is -2.30. The molecule has 0 unspecified atom stereocenters. The molecule has 1 saturated carbocycles. The quantitative estimate of drug-likeness (QED) is 0.771. The molecule has 5 nitrogen and oxygen atoms in total. The van der Waals surface area contributed by atoms with Crippen LogP contribution in [0.3, 0.4) is 0 Å². The van der Waals surface area contributed by atoms with Crippen molar-refractivity contribution >= 4 is 11.6 Å². The van der Waals surface area contributed by atoms with Crippen LogP contribution >= 0.6 is 0 Å². The Balaban J connectivity index is 1.94. The fourth-order valence-electron chi connectivity index (χ4n) is 2.63. The lowest BCUT2D eigenvalue weighted by Crippen LogP contribution is -2.40. The fraction of sp³-hybridized carbons (Fsp3) is 0.750. The van der Waals surface area contributed by atoms with Gasteiger partial charge in [0.25, 0.3) is 0 Å². The SMILES string of the molecule is CNc1cc(NCCN(C(C)C)C(C)C)nc(C2CC2)n1. The van der Waals surface area contributed by atoms with Crippen molar-refractivity contribution in [1.29, 1.82) is 0 Å². The second-order valence-electron chi connectivity index (χ2n) is 6.37. The van der Waals surface area contributed by atoms with E-state index in [1.165, 1.54) is 12.8 Å². The molecule has 1 aromatic rings. The molecule has 118 valence electrons. The minimum atomic E-state index is 0.562. The lowest BCUT2D eigenvalue weighted by molar-refractivity contribution is 0.182. The summed E-state index contributed by atoms with van der Waals surface area (Å²) in [5, 5.41) is 6.57. The summed E-state index contributed by atoms with van der Waals surface area (Å²) in [5.41, 5.74) is 0. The zero-order valence-corrected chi connectivity index (χ0v) is 14.0. The number of nitrogens with zero attached hydrogens (tertiary/aromatic N) is 3. The first-order chi connectivity index (χ1) is 10.0. The molecular formula is C16H29N5. The smallest absolute Gasteiger partial charge is 0.136 e. The molecular weight excluding hydrogens is 262 g/mol. The van der Waals surface area contributed by atoms with Crippen LogP contribution in [0.4, 0.5) is 11.6 Å². The summed E-state index contributed by atoms with van der Waals surface area (Å²) in [6.45, 7) is 10.9. The van der Waals surface area contributed by atoms with Crippen LogP contribution in [0.15, 0.2) is 6.07 Å². The van der Waals surface area contributed by atoms with Crippen molar-refractivity contribution < 1.29 is 0 Å². The van der Waals surface area contributed by atoms with Gasteiger partial charge in [-0.1, -0.05) is 0 Å². The van der Waals surface area contributed by atoms with Gasteiger partial charge in [-0.3, -0.25) is 4.90 Å². The van der Waals surface area contributed by atoms with Gasteiger partial charge in [0.15, 0.2) is 0 Å². The molecule has 0 spiro atoms. The van der Waals surface area contributed by atoms with Crippen LogP contribution in [-0.2, 0) is 0 Å². The number of aromatic nitrogens is 2. The van der Waals surface area contributed by atoms with Gasteiger partial charge in [0, 0.05) is 44.2 Å². The first-order valence-electron chi connectivity index (χ1n) is 8.07. The normalized spacial score (nSPS) is 15.0. The number of nitrogens with one attached hydrogen (secondary N) is 2. The van der Waals surface area contributed by atoms with Crippen molar-refractivity contribution in [3.63, 3.8) is 0 Å². The zero-order valence-electron chi connectivity index (χ0n) is 14.0. The van der Waals surface area contributed by atoms with Gasteiger partial charge in [-0.25, -0.2) is 9.97 Å². The zero-order chi connectivity index (χ0) is 15.4. The molecule has 21 heavy (non-hydrogen) atoms. The van der Waals surface area contributed by atoms with Crippen LogP contribution < -0.4 is 10.6 Å². The molecule has 0 atom stereocenters. The van der Waals surface area contributed by atoms with Gasteiger partial charge in [0.2, 0.25) is 0 Å². The van der Waals surface area contributed by atoms with E-state index in [9.17, 15) is 0 Å². The Morgan fingerprint density at radius 3 is 2.29 bits per heavy atom. The second-order valence-corrected chi connectivity index (χ2v) is 6.37. The van der Waals surface area contributed by atoms with Crippen LogP contribution in [0.1, 0.15) is 52.3 Å². The maximum atomic E-state index is 4.65. The van der Waals surface area contributed by atoms with Crippen LogP contribution in [0, 0.1) is 0 Å². The maximum Gasteiger partial charge on any atom is 0.136 e. The molecule has 5 heteroatoms. The summed E-state index contributed by atoms with van der Waals surface area (Å²) in [7, 11) is 1.90. The van der Waals surface area contributed by atoms with Crippen molar-refractivity contribution in [2.45, 2.75) is 58.5 Å². The van der Waals surface area contributed by atoms with E-state index >= 15 is 0 Å². The summed E-state index contributed by atoms with van der Waals surface area (Å²) in [5.74, 6) is 3.39. The van der Waals surface area contributed by atoms with E-state index in [1.807, 2.05) is 13.1 Å². The van der Waals surface area contributed by atoms with Crippen LogP contribution in [0.25, 0.3) is 0 Å². The second kappa shape index (κ2) is 7.07. The average Bonchev–Trinajstić information content (AvgIpc) is 3.26. The van der Waals surface area contributed by atoms with Crippen LogP contribution in [0.5, 0.6) is 0 Å². The average molecular weight is 291 g/mol. The molecule has 0 aromatic carbocycles. The van der Waals surface area contributed by atoms with Gasteiger partial charge in [0.05, 0.1) is 0 Å². The Hall–Kier alpha value is -1.36. The molecule has 0 radical (unpaired) electrons. The lowest BCUT2D eigenvalue weighted by atomic mass is 10.2. The van der Waals surface area contributed by atoms with Crippen molar-refractivity contribution in [2.75, 3.05) is 30.8 Å². The Bertz CT molecular complexity index is 446. The van der Waals surface area contributed by atoms with E-state index in [-0.39, 0.29) is 0 Å². The third-order valence-corrected chi connectivity index (χ3v) is 3.94. The summed E-state index contributed by atoms with van der Waals surface area (Å²) in [6.07, 6.45) is 2.45. The Labute approximate surface area is 128 Å². The highest BCUT2D eigenvalue weighted by molar-refractivity contribution is 5.47. The minimum absolute atomic E-state index is 0.562. The molecule has 0 saturated heterocycles. The van der Waals surface area contributed by atoms with E-state index < -0.39 is 0 Å². The van der Waals surface area contributed by atoms with Gasteiger partial charge >= 0.3 is 0 Å². The fourth-order valence-corrected chi connectivity index (χ4v) is 2.63. The predicted octanol–water partition coefficient (Wildman–Crippen LogP) is 2.93. The minimum Gasteiger partial charge on any atom is -0.373 e. The van der Waals surface area contributed by atoms with Gasteiger partial charge in [0.1, 0.15) is 17.5 Å². The monoisotopic (exact) mass is 291 g/mol.